The van der Waals surface area contributed by atoms with Gasteiger partial charge in [0.15, 0.2) is 0 Å². The molecule has 0 spiro atoms. The summed E-state index contributed by atoms with van der Waals surface area (Å²) in [7, 11) is 2.01. The van der Waals surface area contributed by atoms with Crippen molar-refractivity contribution in [3.05, 3.63) is 42.5 Å². The first-order valence-corrected chi connectivity index (χ1v) is 7.17. The zero-order valence-electron chi connectivity index (χ0n) is 10.7. The molecule has 1 aromatic carbocycles. The molecular formula is C15H21NS. The largest absolute Gasteiger partial charge is 0.319 e. The number of benzene rings is 1. The first kappa shape index (κ1) is 12.7. The second-order valence-corrected chi connectivity index (χ2v) is 6.20. The molecule has 92 valence electrons. The van der Waals surface area contributed by atoms with E-state index in [1.165, 1.54) is 22.6 Å². The number of thioether (sulfide) groups is 1. The maximum absolute atomic E-state index is 4.00. The van der Waals surface area contributed by atoms with Crippen LogP contribution in [0, 0.1) is 5.41 Å². The van der Waals surface area contributed by atoms with Gasteiger partial charge in [0.1, 0.15) is 0 Å². The van der Waals surface area contributed by atoms with Crippen LogP contribution in [0.25, 0.3) is 0 Å². The Morgan fingerprint density at radius 1 is 1.53 bits per heavy atom. The first-order valence-electron chi connectivity index (χ1n) is 6.18. The van der Waals surface area contributed by atoms with E-state index >= 15 is 0 Å². The van der Waals surface area contributed by atoms with Crippen molar-refractivity contribution in [2.75, 3.05) is 19.3 Å². The summed E-state index contributed by atoms with van der Waals surface area (Å²) >= 11 is 1.99. The van der Waals surface area contributed by atoms with Crippen molar-refractivity contribution in [1.29, 1.82) is 0 Å². The first-order chi connectivity index (χ1) is 8.18. The monoisotopic (exact) mass is 247 g/mol. The van der Waals surface area contributed by atoms with Crippen LogP contribution in [0.4, 0.5) is 0 Å². The van der Waals surface area contributed by atoms with Gasteiger partial charge < -0.3 is 5.32 Å². The summed E-state index contributed by atoms with van der Waals surface area (Å²) in [6.07, 6.45) is 3.29. The second kappa shape index (κ2) is 5.28. The smallest absolute Gasteiger partial charge is 0.0107 e. The number of hydrogen-bond donors (Lipinski definition) is 1. The molecule has 2 unspecified atom stereocenters. The average molecular weight is 247 g/mol. The molecule has 1 N–H and O–H groups in total. The summed E-state index contributed by atoms with van der Waals surface area (Å²) < 4.78 is 0. The van der Waals surface area contributed by atoms with E-state index in [1.807, 2.05) is 18.8 Å². The molecule has 0 saturated heterocycles. The van der Waals surface area contributed by atoms with Gasteiger partial charge >= 0.3 is 0 Å². The van der Waals surface area contributed by atoms with Gasteiger partial charge in [-0.05, 0) is 36.4 Å². The van der Waals surface area contributed by atoms with Crippen LogP contribution in [-0.4, -0.2) is 19.3 Å². The highest BCUT2D eigenvalue weighted by Gasteiger charge is 2.30. The summed E-state index contributed by atoms with van der Waals surface area (Å²) in [6, 6.07) is 8.81. The number of rotatable bonds is 5. The fraction of sp³-hybridized carbons (Fsp3) is 0.467. The quantitative estimate of drug-likeness (QED) is 0.797. The maximum Gasteiger partial charge on any atom is 0.0107 e. The Balaban J connectivity index is 2.13. The van der Waals surface area contributed by atoms with Crippen LogP contribution in [0.3, 0.4) is 0 Å². The van der Waals surface area contributed by atoms with E-state index < -0.39 is 0 Å². The molecular weight excluding hydrogens is 226 g/mol. The highest BCUT2D eigenvalue weighted by molar-refractivity contribution is 7.99. The van der Waals surface area contributed by atoms with E-state index in [9.17, 15) is 0 Å². The van der Waals surface area contributed by atoms with Crippen molar-refractivity contribution in [2.45, 2.75) is 24.2 Å². The van der Waals surface area contributed by atoms with Crippen molar-refractivity contribution in [1.82, 2.24) is 5.32 Å². The molecule has 1 aliphatic heterocycles. The van der Waals surface area contributed by atoms with Crippen LogP contribution in [0.15, 0.2) is 41.8 Å². The van der Waals surface area contributed by atoms with Gasteiger partial charge in [-0.15, -0.1) is 18.3 Å². The molecule has 1 aromatic rings. The molecule has 1 heterocycles. The van der Waals surface area contributed by atoms with E-state index in [0.29, 0.717) is 5.92 Å². The predicted octanol–water partition coefficient (Wildman–Crippen LogP) is 3.68. The molecule has 2 atom stereocenters. The molecule has 17 heavy (non-hydrogen) atoms. The number of hydrogen-bond acceptors (Lipinski definition) is 2. The van der Waals surface area contributed by atoms with Crippen molar-refractivity contribution in [3.8, 4) is 0 Å². The van der Waals surface area contributed by atoms with Crippen molar-refractivity contribution >= 4 is 11.8 Å². The van der Waals surface area contributed by atoms with Crippen LogP contribution in [0.2, 0.25) is 0 Å². The van der Waals surface area contributed by atoms with Gasteiger partial charge in [-0.25, -0.2) is 0 Å². The van der Waals surface area contributed by atoms with Crippen molar-refractivity contribution in [3.63, 3.8) is 0 Å². The Labute approximate surface area is 109 Å². The zero-order valence-corrected chi connectivity index (χ0v) is 11.5. The predicted molar refractivity (Wildman–Crippen MR) is 76.8 cm³/mol. The molecule has 1 nitrogen and oxygen atoms in total. The third-order valence-electron chi connectivity index (χ3n) is 3.58. The van der Waals surface area contributed by atoms with E-state index in [0.717, 1.165) is 6.54 Å². The van der Waals surface area contributed by atoms with Gasteiger partial charge in [-0.2, -0.15) is 0 Å². The lowest BCUT2D eigenvalue weighted by Crippen LogP contribution is -2.29. The van der Waals surface area contributed by atoms with Gasteiger partial charge in [-0.3, -0.25) is 0 Å². The summed E-state index contributed by atoms with van der Waals surface area (Å²) in [5.41, 5.74) is 1.72. The van der Waals surface area contributed by atoms with Crippen LogP contribution in [-0.2, 0) is 0 Å². The maximum atomic E-state index is 4.00. The number of nitrogens with one attached hydrogen (secondary N) is 1. The van der Waals surface area contributed by atoms with Crippen LogP contribution in [0.5, 0.6) is 0 Å². The molecule has 0 saturated carbocycles. The molecule has 2 rings (SSSR count). The molecule has 2 heteroatoms. The second-order valence-electron chi connectivity index (χ2n) is 5.14. The highest BCUT2D eigenvalue weighted by Crippen LogP contribution is 2.44. The van der Waals surface area contributed by atoms with Gasteiger partial charge in [0.05, 0.1) is 0 Å². The molecule has 0 aromatic heterocycles. The Morgan fingerprint density at radius 3 is 3.00 bits per heavy atom. The fourth-order valence-electron chi connectivity index (χ4n) is 2.59. The lowest BCUT2D eigenvalue weighted by atomic mass is 9.79. The van der Waals surface area contributed by atoms with E-state index in [-0.39, 0.29) is 5.41 Å². The summed E-state index contributed by atoms with van der Waals surface area (Å²) in [5.74, 6) is 1.89. The highest BCUT2D eigenvalue weighted by atomic mass is 32.2. The standard InChI is InChI=1S/C15H21NS/c1-4-15(2,11-16-3)9-12-10-17-14-8-6-5-7-13(12)14/h4-8,12,16H,1,9-11H2,2-3H3. The molecule has 0 bridgehead atoms. The lowest BCUT2D eigenvalue weighted by Gasteiger charge is -2.28. The Bertz CT molecular complexity index is 402. The van der Waals surface area contributed by atoms with Gasteiger partial charge in [0, 0.05) is 17.2 Å². The minimum atomic E-state index is 0.192. The van der Waals surface area contributed by atoms with Crippen LogP contribution in [0.1, 0.15) is 24.8 Å². The molecule has 1 aliphatic rings. The van der Waals surface area contributed by atoms with Crippen LogP contribution < -0.4 is 5.32 Å². The summed E-state index contributed by atoms with van der Waals surface area (Å²) in [5, 5.41) is 3.28. The molecule has 0 radical (unpaired) electrons. The molecule has 0 aliphatic carbocycles. The third kappa shape index (κ3) is 2.75. The molecule has 0 fully saturated rings. The minimum absolute atomic E-state index is 0.192. The normalized spacial score (nSPS) is 21.9. The Morgan fingerprint density at radius 2 is 2.29 bits per heavy atom. The summed E-state index contributed by atoms with van der Waals surface area (Å²) in [4.78, 5) is 1.47. The lowest BCUT2D eigenvalue weighted by molar-refractivity contribution is 0.353. The zero-order chi connectivity index (χ0) is 12.3. The minimum Gasteiger partial charge on any atom is -0.319 e. The van der Waals surface area contributed by atoms with Gasteiger partial charge in [0.2, 0.25) is 0 Å². The third-order valence-corrected chi connectivity index (χ3v) is 4.84. The van der Waals surface area contributed by atoms with Gasteiger partial charge in [0.25, 0.3) is 0 Å². The Hall–Kier alpha value is -0.730. The number of fused-ring (bicyclic) bond motifs is 1. The summed E-state index contributed by atoms with van der Waals surface area (Å²) in [6.45, 7) is 7.30. The average Bonchev–Trinajstić information content (AvgIpc) is 2.73. The Kier molecular flexibility index (Phi) is 3.95. The van der Waals surface area contributed by atoms with Crippen molar-refractivity contribution in [2.24, 2.45) is 5.41 Å². The topological polar surface area (TPSA) is 12.0 Å². The molecule has 0 amide bonds. The van der Waals surface area contributed by atoms with E-state index in [2.05, 4.69) is 49.2 Å². The fourth-order valence-corrected chi connectivity index (χ4v) is 3.85. The van der Waals surface area contributed by atoms with Crippen LogP contribution >= 0.6 is 11.8 Å². The van der Waals surface area contributed by atoms with Crippen molar-refractivity contribution < 1.29 is 0 Å². The van der Waals surface area contributed by atoms with E-state index in [1.54, 1.807) is 0 Å². The van der Waals surface area contributed by atoms with Gasteiger partial charge in [-0.1, -0.05) is 31.2 Å². The SMILES string of the molecule is C=CC(C)(CNC)CC1CSc2ccccc21. The van der Waals surface area contributed by atoms with E-state index in [4.69, 9.17) is 0 Å².